The van der Waals surface area contributed by atoms with Crippen LogP contribution in [0, 0.1) is 0 Å². The Morgan fingerprint density at radius 2 is 1.91 bits per heavy atom. The molecule has 4 aromatic rings. The predicted octanol–water partition coefficient (Wildman–Crippen LogP) is 5.03. The highest BCUT2D eigenvalue weighted by Gasteiger charge is 2.32. The van der Waals surface area contributed by atoms with Gasteiger partial charge >= 0.3 is 0 Å². The lowest BCUT2D eigenvalue weighted by Gasteiger charge is -2.21. The highest BCUT2D eigenvalue weighted by molar-refractivity contribution is 7.92. The Kier molecular flexibility index (Phi) is 5.30. The summed E-state index contributed by atoms with van der Waals surface area (Å²) in [7, 11) is -3.31. The Morgan fingerprint density at radius 3 is 2.61 bits per heavy atom. The summed E-state index contributed by atoms with van der Waals surface area (Å²) in [4.78, 5) is 16.9. The number of anilines is 2. The van der Waals surface area contributed by atoms with Gasteiger partial charge in [0.15, 0.2) is 5.76 Å². The van der Waals surface area contributed by atoms with Crippen LogP contribution in [0.3, 0.4) is 0 Å². The number of hydrogen-bond donors (Lipinski definition) is 1. The first-order valence-electron chi connectivity index (χ1n) is 10.3. The van der Waals surface area contributed by atoms with E-state index in [4.69, 9.17) is 9.40 Å². The number of fused-ring (bicyclic) bond motifs is 1. The Morgan fingerprint density at radius 1 is 1.15 bits per heavy atom. The SMILES string of the molecule is C[C@@H]1Cc2cc(-c3csc(-c4ccc(NC(=O)c5ccco5)cc4)n3)ccc2N1S(C)(=O)=O. The van der Waals surface area contributed by atoms with Crippen LogP contribution in [0.1, 0.15) is 23.0 Å². The first-order chi connectivity index (χ1) is 15.8. The largest absolute Gasteiger partial charge is 0.459 e. The zero-order valence-electron chi connectivity index (χ0n) is 18.0. The quantitative estimate of drug-likeness (QED) is 0.433. The monoisotopic (exact) mass is 479 g/mol. The summed E-state index contributed by atoms with van der Waals surface area (Å²) >= 11 is 1.53. The number of carbonyl (C=O) groups excluding carboxylic acids is 1. The van der Waals surface area contributed by atoms with Gasteiger partial charge in [-0.1, -0.05) is 6.07 Å². The second kappa shape index (κ2) is 8.17. The van der Waals surface area contributed by atoms with Crippen molar-refractivity contribution in [2.45, 2.75) is 19.4 Å². The molecule has 1 N–H and O–H groups in total. The van der Waals surface area contributed by atoms with Crippen molar-refractivity contribution in [3.8, 4) is 21.8 Å². The van der Waals surface area contributed by atoms with Gasteiger partial charge in [0.05, 0.1) is 23.9 Å². The zero-order chi connectivity index (χ0) is 23.2. The van der Waals surface area contributed by atoms with Crippen molar-refractivity contribution in [2.24, 2.45) is 0 Å². The van der Waals surface area contributed by atoms with Crippen LogP contribution in [-0.4, -0.2) is 31.6 Å². The van der Waals surface area contributed by atoms with Crippen molar-refractivity contribution in [3.05, 3.63) is 77.6 Å². The van der Waals surface area contributed by atoms with Gasteiger partial charge in [0.2, 0.25) is 10.0 Å². The number of amides is 1. The molecule has 0 spiro atoms. The average molecular weight is 480 g/mol. The van der Waals surface area contributed by atoms with Crippen molar-refractivity contribution in [3.63, 3.8) is 0 Å². The maximum absolute atomic E-state index is 12.2. The number of hydrogen-bond acceptors (Lipinski definition) is 6. The minimum Gasteiger partial charge on any atom is -0.459 e. The van der Waals surface area contributed by atoms with Gasteiger partial charge in [0.1, 0.15) is 5.01 Å². The van der Waals surface area contributed by atoms with Crippen molar-refractivity contribution >= 4 is 38.6 Å². The topological polar surface area (TPSA) is 92.5 Å². The van der Waals surface area contributed by atoms with Crippen LogP contribution in [0.25, 0.3) is 21.8 Å². The van der Waals surface area contributed by atoms with Gasteiger partial charge in [0, 0.05) is 28.2 Å². The molecule has 3 heterocycles. The number of aromatic nitrogens is 1. The molecule has 0 aliphatic carbocycles. The van der Waals surface area contributed by atoms with E-state index in [0.717, 1.165) is 33.1 Å². The van der Waals surface area contributed by atoms with E-state index < -0.39 is 10.0 Å². The molecule has 2 aromatic heterocycles. The summed E-state index contributed by atoms with van der Waals surface area (Å²) in [6.07, 6.45) is 3.38. The molecule has 0 saturated heterocycles. The van der Waals surface area contributed by atoms with Crippen molar-refractivity contribution < 1.29 is 17.6 Å². The number of benzene rings is 2. The van der Waals surface area contributed by atoms with Gasteiger partial charge in [-0.2, -0.15) is 0 Å². The van der Waals surface area contributed by atoms with Gasteiger partial charge < -0.3 is 9.73 Å². The third-order valence-electron chi connectivity index (χ3n) is 5.52. The summed E-state index contributed by atoms with van der Waals surface area (Å²) in [6.45, 7) is 1.92. The van der Waals surface area contributed by atoms with Crippen molar-refractivity contribution in [1.29, 1.82) is 0 Å². The minimum atomic E-state index is -3.31. The van der Waals surface area contributed by atoms with Gasteiger partial charge in [-0.25, -0.2) is 13.4 Å². The minimum absolute atomic E-state index is 0.0944. The summed E-state index contributed by atoms with van der Waals surface area (Å²) in [6, 6.07) is 16.5. The molecule has 5 rings (SSSR count). The van der Waals surface area contributed by atoms with Gasteiger partial charge in [0.25, 0.3) is 5.91 Å². The molecule has 7 nitrogen and oxygen atoms in total. The number of furan rings is 1. The fraction of sp³-hybridized carbons (Fsp3) is 0.167. The second-order valence-corrected chi connectivity index (χ2v) is 10.7. The van der Waals surface area contributed by atoms with E-state index in [0.29, 0.717) is 12.1 Å². The van der Waals surface area contributed by atoms with E-state index in [1.807, 2.05) is 54.8 Å². The highest BCUT2D eigenvalue weighted by atomic mass is 32.2. The smallest absolute Gasteiger partial charge is 0.291 e. The molecule has 33 heavy (non-hydrogen) atoms. The zero-order valence-corrected chi connectivity index (χ0v) is 19.6. The first-order valence-corrected chi connectivity index (χ1v) is 13.1. The van der Waals surface area contributed by atoms with E-state index in [-0.39, 0.29) is 17.7 Å². The third kappa shape index (κ3) is 4.17. The summed E-state index contributed by atoms with van der Waals surface area (Å²) in [5.74, 6) is -0.0447. The van der Waals surface area contributed by atoms with Gasteiger partial charge in [-0.3, -0.25) is 9.10 Å². The fourth-order valence-corrected chi connectivity index (χ4v) is 6.20. The highest BCUT2D eigenvalue weighted by Crippen LogP contribution is 2.38. The van der Waals surface area contributed by atoms with E-state index in [2.05, 4.69) is 5.32 Å². The number of sulfonamides is 1. The normalized spacial score (nSPS) is 15.5. The van der Waals surface area contributed by atoms with E-state index in [9.17, 15) is 13.2 Å². The van der Waals surface area contributed by atoms with Crippen LogP contribution < -0.4 is 9.62 Å². The Hall–Kier alpha value is -3.43. The number of nitrogens with one attached hydrogen (secondary N) is 1. The molecule has 1 atom stereocenters. The Labute approximate surface area is 195 Å². The van der Waals surface area contributed by atoms with Crippen LogP contribution in [0.2, 0.25) is 0 Å². The number of carbonyl (C=O) groups is 1. The van der Waals surface area contributed by atoms with Crippen molar-refractivity contribution in [1.82, 2.24) is 4.98 Å². The molecule has 0 saturated carbocycles. The Balaban J connectivity index is 1.35. The molecule has 0 fully saturated rings. The molecule has 1 aliphatic heterocycles. The summed E-state index contributed by atoms with van der Waals surface area (Å²) in [5.41, 5.74) is 5.17. The lowest BCUT2D eigenvalue weighted by atomic mass is 10.1. The van der Waals surface area contributed by atoms with Crippen LogP contribution in [0.15, 0.2) is 70.7 Å². The summed E-state index contributed by atoms with van der Waals surface area (Å²) in [5, 5.41) is 5.66. The van der Waals surface area contributed by atoms with Crippen LogP contribution in [0.4, 0.5) is 11.4 Å². The fourth-order valence-electron chi connectivity index (χ4n) is 4.10. The number of thiazole rings is 1. The van der Waals surface area contributed by atoms with Crippen LogP contribution in [0.5, 0.6) is 0 Å². The van der Waals surface area contributed by atoms with Crippen LogP contribution >= 0.6 is 11.3 Å². The average Bonchev–Trinajstić information content (AvgIpc) is 3.52. The number of rotatable bonds is 5. The molecule has 0 radical (unpaired) electrons. The molecule has 1 amide bonds. The lowest BCUT2D eigenvalue weighted by Crippen LogP contribution is -2.34. The second-order valence-electron chi connectivity index (χ2n) is 8.00. The number of nitrogens with zero attached hydrogens (tertiary/aromatic N) is 2. The molecular weight excluding hydrogens is 458 g/mol. The van der Waals surface area contributed by atoms with Crippen molar-refractivity contribution in [2.75, 3.05) is 15.9 Å². The molecule has 0 bridgehead atoms. The third-order valence-corrected chi connectivity index (χ3v) is 7.69. The van der Waals surface area contributed by atoms with Gasteiger partial charge in [-0.15, -0.1) is 11.3 Å². The lowest BCUT2D eigenvalue weighted by molar-refractivity contribution is 0.0996. The van der Waals surface area contributed by atoms with E-state index >= 15 is 0 Å². The maximum atomic E-state index is 12.2. The molecule has 2 aromatic carbocycles. The molecule has 168 valence electrons. The Bertz CT molecular complexity index is 1420. The molecule has 1 aliphatic rings. The standard InChI is InChI=1S/C24H21N3O4S2/c1-15-12-18-13-17(7-10-21(18)27(15)33(2,29)30)20-14-32-24(26-20)16-5-8-19(9-6-16)25-23(28)22-4-3-11-31-22/h3-11,13-15H,12H2,1-2H3,(H,25,28)/t15-/m1/s1. The van der Waals surface area contributed by atoms with Crippen LogP contribution in [-0.2, 0) is 16.4 Å². The predicted molar refractivity (Wildman–Crippen MR) is 130 cm³/mol. The van der Waals surface area contributed by atoms with E-state index in [1.54, 1.807) is 12.1 Å². The van der Waals surface area contributed by atoms with E-state index in [1.165, 1.54) is 28.2 Å². The first kappa shape index (κ1) is 21.4. The molecule has 9 heteroatoms. The summed E-state index contributed by atoms with van der Waals surface area (Å²) < 4.78 is 30.9. The molecular formula is C24H21N3O4S2. The van der Waals surface area contributed by atoms with Gasteiger partial charge in [-0.05, 0) is 67.4 Å². The molecule has 0 unspecified atom stereocenters. The maximum Gasteiger partial charge on any atom is 0.291 e.